The minimum absolute atomic E-state index is 0.000120. The second-order valence-electron chi connectivity index (χ2n) is 6.15. The maximum Gasteiger partial charge on any atom is 0.246 e. The molecule has 0 saturated heterocycles. The number of carbonyl (C=O) groups is 1. The summed E-state index contributed by atoms with van der Waals surface area (Å²) in [5, 5.41) is 6.50. The zero-order chi connectivity index (χ0) is 19.3. The smallest absolute Gasteiger partial charge is 0.246 e. The van der Waals surface area contributed by atoms with Crippen LogP contribution in [0, 0.1) is 0 Å². The molecule has 2 N–H and O–H groups in total. The molecular weight excluding hydrogens is 372 g/mol. The summed E-state index contributed by atoms with van der Waals surface area (Å²) in [7, 11) is -3.68. The molecule has 0 spiro atoms. The van der Waals surface area contributed by atoms with E-state index < -0.39 is 10.0 Å². The number of amides is 1. The molecule has 1 aromatic heterocycles. The molecule has 10 heteroatoms. The van der Waals surface area contributed by atoms with Gasteiger partial charge in [0.25, 0.3) is 0 Å². The lowest BCUT2D eigenvalue weighted by atomic mass is 10.3. The van der Waals surface area contributed by atoms with Crippen LogP contribution in [0.1, 0.15) is 43.8 Å². The number of benzene rings is 1. The number of rotatable bonds is 10. The zero-order valence-corrected chi connectivity index (χ0v) is 15.8. The largest absolute Gasteiger partial charge is 0.494 e. The van der Waals surface area contributed by atoms with Gasteiger partial charge in [0, 0.05) is 18.9 Å². The summed E-state index contributed by atoms with van der Waals surface area (Å²) < 4.78 is 37.2. The number of ether oxygens (including phenoxy) is 1. The molecule has 1 saturated carbocycles. The van der Waals surface area contributed by atoms with Crippen molar-refractivity contribution in [3.05, 3.63) is 36.0 Å². The Morgan fingerprint density at radius 1 is 1.30 bits per heavy atom. The van der Waals surface area contributed by atoms with E-state index in [-0.39, 0.29) is 30.3 Å². The van der Waals surface area contributed by atoms with Gasteiger partial charge in [-0.25, -0.2) is 13.1 Å². The fourth-order valence-corrected chi connectivity index (χ4v) is 3.41. The van der Waals surface area contributed by atoms with Crippen LogP contribution < -0.4 is 14.8 Å². The monoisotopic (exact) mass is 394 g/mol. The molecular formula is C17H22N4O5S. The first-order valence-corrected chi connectivity index (χ1v) is 10.3. The highest BCUT2D eigenvalue weighted by Crippen LogP contribution is 2.38. The van der Waals surface area contributed by atoms with Gasteiger partial charge in [-0.3, -0.25) is 4.79 Å². The molecule has 2 aromatic rings. The topological polar surface area (TPSA) is 123 Å². The van der Waals surface area contributed by atoms with E-state index in [1.807, 2.05) is 6.92 Å². The minimum atomic E-state index is -3.68. The molecule has 0 aliphatic heterocycles. The van der Waals surface area contributed by atoms with E-state index in [0.29, 0.717) is 30.0 Å². The van der Waals surface area contributed by atoms with Crippen molar-refractivity contribution >= 4 is 15.9 Å². The first kappa shape index (κ1) is 19.3. The van der Waals surface area contributed by atoms with E-state index in [1.54, 1.807) is 12.1 Å². The fourth-order valence-electron chi connectivity index (χ4n) is 2.37. The normalized spacial score (nSPS) is 14.1. The van der Waals surface area contributed by atoms with E-state index in [0.717, 1.165) is 12.8 Å². The maximum absolute atomic E-state index is 12.2. The van der Waals surface area contributed by atoms with Crippen molar-refractivity contribution < 1.29 is 22.5 Å². The quantitative estimate of drug-likeness (QED) is 0.623. The summed E-state index contributed by atoms with van der Waals surface area (Å²) in [4.78, 5) is 16.2. The van der Waals surface area contributed by atoms with Crippen LogP contribution in [-0.4, -0.2) is 37.6 Å². The van der Waals surface area contributed by atoms with Crippen LogP contribution in [0.2, 0.25) is 0 Å². The van der Waals surface area contributed by atoms with Crippen molar-refractivity contribution in [1.29, 1.82) is 0 Å². The highest BCUT2D eigenvalue weighted by atomic mass is 32.2. The number of nitrogens with zero attached hydrogens (tertiary/aromatic N) is 2. The van der Waals surface area contributed by atoms with Gasteiger partial charge >= 0.3 is 0 Å². The second-order valence-corrected chi connectivity index (χ2v) is 7.92. The molecule has 0 unspecified atom stereocenters. The molecule has 1 aromatic carbocycles. The van der Waals surface area contributed by atoms with Gasteiger partial charge in [0.05, 0.1) is 18.0 Å². The summed E-state index contributed by atoms with van der Waals surface area (Å²) in [5.74, 6) is 1.70. The molecule has 146 valence electrons. The first-order chi connectivity index (χ1) is 13.0. The molecule has 9 nitrogen and oxygen atoms in total. The Labute approximate surface area is 157 Å². The first-order valence-electron chi connectivity index (χ1n) is 8.79. The van der Waals surface area contributed by atoms with Crippen molar-refractivity contribution in [3.8, 4) is 5.75 Å². The van der Waals surface area contributed by atoms with Gasteiger partial charge in [-0.05, 0) is 44.0 Å². The molecule has 0 bridgehead atoms. The van der Waals surface area contributed by atoms with Crippen LogP contribution >= 0.6 is 0 Å². The highest BCUT2D eigenvalue weighted by molar-refractivity contribution is 7.89. The third-order valence-electron chi connectivity index (χ3n) is 3.95. The number of sulfonamides is 1. The lowest BCUT2D eigenvalue weighted by Crippen LogP contribution is -2.30. The van der Waals surface area contributed by atoms with E-state index in [2.05, 4.69) is 20.2 Å². The van der Waals surface area contributed by atoms with Crippen molar-refractivity contribution in [2.45, 2.75) is 43.5 Å². The summed E-state index contributed by atoms with van der Waals surface area (Å²) in [6.07, 6.45) is 2.14. The van der Waals surface area contributed by atoms with Gasteiger partial charge in [-0.1, -0.05) is 5.16 Å². The van der Waals surface area contributed by atoms with Crippen LogP contribution in [0.15, 0.2) is 33.7 Å². The zero-order valence-electron chi connectivity index (χ0n) is 15.0. The predicted octanol–water partition coefficient (Wildman–Crippen LogP) is 1.33. The molecule has 1 aliphatic carbocycles. The fraction of sp³-hybridized carbons (Fsp3) is 0.471. The molecule has 1 heterocycles. The van der Waals surface area contributed by atoms with Crippen molar-refractivity contribution in [3.63, 3.8) is 0 Å². The Bertz CT molecular complexity index is 875. The Morgan fingerprint density at radius 3 is 2.70 bits per heavy atom. The van der Waals surface area contributed by atoms with E-state index in [4.69, 9.17) is 9.26 Å². The average molecular weight is 394 g/mol. The number of nitrogens with one attached hydrogen (secondary N) is 2. The van der Waals surface area contributed by atoms with E-state index in [9.17, 15) is 13.2 Å². The average Bonchev–Trinajstić information content (AvgIpc) is 3.39. The molecule has 1 aliphatic rings. The SMILES string of the molecule is CCOc1ccc(S(=O)(=O)NCCC(=O)NCc2nc(C3CC3)no2)cc1. The Hall–Kier alpha value is -2.46. The Balaban J connectivity index is 1.41. The van der Waals surface area contributed by atoms with E-state index >= 15 is 0 Å². The number of carbonyl (C=O) groups excluding carboxylic acids is 1. The van der Waals surface area contributed by atoms with Gasteiger partial charge in [-0.15, -0.1) is 0 Å². The van der Waals surface area contributed by atoms with Gasteiger partial charge in [-0.2, -0.15) is 4.98 Å². The van der Waals surface area contributed by atoms with Crippen molar-refractivity contribution in [1.82, 2.24) is 20.2 Å². The van der Waals surface area contributed by atoms with Gasteiger partial charge < -0.3 is 14.6 Å². The van der Waals surface area contributed by atoms with Crippen molar-refractivity contribution in [2.75, 3.05) is 13.2 Å². The van der Waals surface area contributed by atoms with Gasteiger partial charge in [0.2, 0.25) is 21.8 Å². The molecule has 1 amide bonds. The molecule has 0 atom stereocenters. The lowest BCUT2D eigenvalue weighted by Gasteiger charge is -2.08. The highest BCUT2D eigenvalue weighted by Gasteiger charge is 2.28. The maximum atomic E-state index is 12.2. The summed E-state index contributed by atoms with van der Waals surface area (Å²) in [5.41, 5.74) is 0. The Morgan fingerprint density at radius 2 is 2.04 bits per heavy atom. The second kappa shape index (κ2) is 8.49. The van der Waals surface area contributed by atoms with Gasteiger partial charge in [0.15, 0.2) is 5.82 Å². The third kappa shape index (κ3) is 5.51. The molecule has 3 rings (SSSR count). The van der Waals surface area contributed by atoms with Gasteiger partial charge in [0.1, 0.15) is 5.75 Å². The standard InChI is InChI=1S/C17H22N4O5S/c1-2-25-13-5-7-14(8-6-13)27(23,24)19-10-9-15(22)18-11-16-20-17(21-26-16)12-3-4-12/h5-8,12,19H,2-4,9-11H2,1H3,(H,18,22). The third-order valence-corrected chi connectivity index (χ3v) is 5.43. The molecule has 1 fully saturated rings. The van der Waals surface area contributed by atoms with Crippen LogP contribution in [-0.2, 0) is 21.4 Å². The predicted molar refractivity (Wildman–Crippen MR) is 95.5 cm³/mol. The van der Waals surface area contributed by atoms with E-state index in [1.165, 1.54) is 12.1 Å². The summed E-state index contributed by atoms with van der Waals surface area (Å²) >= 11 is 0. The van der Waals surface area contributed by atoms with Crippen LogP contribution in [0.25, 0.3) is 0 Å². The van der Waals surface area contributed by atoms with Crippen LogP contribution in [0.5, 0.6) is 5.75 Å². The number of hydrogen-bond acceptors (Lipinski definition) is 7. The number of hydrogen-bond donors (Lipinski definition) is 2. The van der Waals surface area contributed by atoms with Crippen LogP contribution in [0.4, 0.5) is 0 Å². The molecule has 27 heavy (non-hydrogen) atoms. The van der Waals surface area contributed by atoms with Crippen molar-refractivity contribution in [2.24, 2.45) is 0 Å². The number of aromatic nitrogens is 2. The van der Waals surface area contributed by atoms with Crippen LogP contribution in [0.3, 0.4) is 0 Å². The summed E-state index contributed by atoms with van der Waals surface area (Å²) in [6, 6.07) is 6.09. The lowest BCUT2D eigenvalue weighted by molar-refractivity contribution is -0.121. The summed E-state index contributed by atoms with van der Waals surface area (Å²) in [6.45, 7) is 2.47. The molecule has 0 radical (unpaired) electrons. The minimum Gasteiger partial charge on any atom is -0.494 e. The Kier molecular flexibility index (Phi) is 6.07.